The molecule has 3 aromatic carbocycles. The Morgan fingerprint density at radius 1 is 0.667 bits per heavy atom. The third kappa shape index (κ3) is 9.10. The lowest BCUT2D eigenvalue weighted by Gasteiger charge is -2.11. The van der Waals surface area contributed by atoms with Crippen molar-refractivity contribution in [1.82, 2.24) is 0 Å². The molecule has 0 saturated carbocycles. The first kappa shape index (κ1) is 29.1. The van der Waals surface area contributed by atoms with Gasteiger partial charge in [-0.2, -0.15) is 0 Å². The number of ether oxygens (including phenoxy) is 4. The highest BCUT2D eigenvalue weighted by Gasteiger charge is 2.15. The zero-order valence-electron chi connectivity index (χ0n) is 21.5. The maximum Gasteiger partial charge on any atom is 0.330 e. The van der Waals surface area contributed by atoms with Crippen LogP contribution in [-0.4, -0.2) is 38.4 Å². The third-order valence-electron chi connectivity index (χ3n) is 5.58. The molecule has 0 aromatic heterocycles. The van der Waals surface area contributed by atoms with Gasteiger partial charge < -0.3 is 18.9 Å². The Hall–Kier alpha value is -4.46. The first-order valence-corrected chi connectivity index (χ1v) is 12.4. The van der Waals surface area contributed by atoms with Gasteiger partial charge in [0.2, 0.25) is 0 Å². The van der Waals surface area contributed by atoms with Gasteiger partial charge in [0.25, 0.3) is 0 Å². The van der Waals surface area contributed by atoms with Gasteiger partial charge in [0.15, 0.2) is 11.6 Å². The normalized spacial score (nSPS) is 10.4. The van der Waals surface area contributed by atoms with E-state index in [0.717, 1.165) is 17.7 Å². The Kier molecular flexibility index (Phi) is 11.2. The van der Waals surface area contributed by atoms with Crippen molar-refractivity contribution in [2.45, 2.75) is 19.3 Å². The van der Waals surface area contributed by atoms with E-state index in [0.29, 0.717) is 43.1 Å². The molecule has 0 N–H and O–H groups in total. The zero-order chi connectivity index (χ0) is 28.0. The Balaban J connectivity index is 1.52. The molecule has 0 amide bonds. The number of carbonyl (C=O) groups is 2. The number of benzene rings is 3. The van der Waals surface area contributed by atoms with Gasteiger partial charge in [-0.05, 0) is 41.0 Å². The molecule has 0 aliphatic carbocycles. The van der Waals surface area contributed by atoms with Crippen molar-refractivity contribution in [3.63, 3.8) is 0 Å². The molecule has 0 aliphatic heterocycles. The second-order valence-electron chi connectivity index (χ2n) is 8.39. The van der Waals surface area contributed by atoms with Crippen LogP contribution in [-0.2, 0) is 25.5 Å². The lowest BCUT2D eigenvalue weighted by Crippen LogP contribution is -2.06. The lowest BCUT2D eigenvalue weighted by atomic mass is 9.99. The summed E-state index contributed by atoms with van der Waals surface area (Å²) in [6.07, 6.45) is 3.46. The minimum absolute atomic E-state index is 0.154. The predicted octanol–water partition coefficient (Wildman–Crippen LogP) is 6.22. The summed E-state index contributed by atoms with van der Waals surface area (Å²) in [5.74, 6) is -1.58. The van der Waals surface area contributed by atoms with E-state index in [1.54, 1.807) is 60.7 Å². The summed E-state index contributed by atoms with van der Waals surface area (Å²) < 4.78 is 50.8. The van der Waals surface area contributed by atoms with E-state index in [1.807, 2.05) is 0 Å². The van der Waals surface area contributed by atoms with E-state index in [2.05, 4.69) is 13.2 Å². The van der Waals surface area contributed by atoms with Crippen LogP contribution in [0, 0.1) is 11.6 Å². The van der Waals surface area contributed by atoms with Gasteiger partial charge in [0, 0.05) is 37.0 Å². The molecule has 0 saturated heterocycles. The second kappa shape index (κ2) is 15.1. The molecule has 0 aliphatic rings. The van der Waals surface area contributed by atoms with Gasteiger partial charge in [-0.3, -0.25) is 0 Å². The minimum Gasteiger partial charge on any atom is -0.493 e. The van der Waals surface area contributed by atoms with E-state index in [1.165, 1.54) is 0 Å². The van der Waals surface area contributed by atoms with E-state index < -0.39 is 23.6 Å². The average Bonchev–Trinajstić information content (AvgIpc) is 2.96. The quantitative estimate of drug-likeness (QED) is 0.131. The van der Waals surface area contributed by atoms with Crippen LogP contribution >= 0.6 is 0 Å². The van der Waals surface area contributed by atoms with Gasteiger partial charge in [-0.25, -0.2) is 18.4 Å². The highest BCUT2D eigenvalue weighted by molar-refractivity contribution is 5.81. The molecule has 0 heterocycles. The van der Waals surface area contributed by atoms with Crippen molar-refractivity contribution >= 4 is 11.9 Å². The molecule has 0 fully saturated rings. The average molecular weight is 537 g/mol. The van der Waals surface area contributed by atoms with Crippen LogP contribution in [0.1, 0.15) is 24.0 Å². The molecular weight excluding hydrogens is 506 g/mol. The van der Waals surface area contributed by atoms with E-state index in [-0.39, 0.29) is 30.8 Å². The van der Waals surface area contributed by atoms with Crippen LogP contribution in [0.5, 0.6) is 11.5 Å². The number of hydrogen-bond donors (Lipinski definition) is 0. The van der Waals surface area contributed by atoms with Crippen LogP contribution in [0.15, 0.2) is 86.0 Å². The first-order chi connectivity index (χ1) is 18.9. The highest BCUT2D eigenvalue weighted by Crippen LogP contribution is 2.29. The Morgan fingerprint density at radius 3 is 1.69 bits per heavy atom. The molecule has 39 heavy (non-hydrogen) atoms. The maximum atomic E-state index is 15.0. The number of hydrogen-bond acceptors (Lipinski definition) is 6. The summed E-state index contributed by atoms with van der Waals surface area (Å²) in [5, 5.41) is 0. The molecule has 3 rings (SSSR count). The fraction of sp³-hybridized carbons (Fsp3) is 0.226. The number of rotatable bonds is 15. The maximum absolute atomic E-state index is 15.0. The standard InChI is InChI=1S/C31H30F2O6/c1-3-28(34)38-19-5-17-36-25-12-7-22(8-13-25)21-24-11-16-27(31(33)30(24)32)23-9-14-26(15-10-23)37-18-6-20-39-29(35)4-2/h3-4,7-16H,1-2,5-6,17-21H2. The lowest BCUT2D eigenvalue weighted by molar-refractivity contribution is -0.138. The van der Waals surface area contributed by atoms with Crippen LogP contribution in [0.3, 0.4) is 0 Å². The number of esters is 2. The largest absolute Gasteiger partial charge is 0.493 e. The molecule has 0 atom stereocenters. The highest BCUT2D eigenvalue weighted by atomic mass is 19.2. The predicted molar refractivity (Wildman–Crippen MR) is 144 cm³/mol. The summed E-state index contributed by atoms with van der Waals surface area (Å²) in [6.45, 7) is 7.81. The zero-order valence-corrected chi connectivity index (χ0v) is 21.5. The van der Waals surface area contributed by atoms with Crippen LogP contribution in [0.4, 0.5) is 8.78 Å². The molecule has 0 bridgehead atoms. The summed E-state index contributed by atoms with van der Waals surface area (Å²) in [6, 6.07) is 16.9. The summed E-state index contributed by atoms with van der Waals surface area (Å²) >= 11 is 0. The van der Waals surface area contributed by atoms with Crippen molar-refractivity contribution < 1.29 is 37.3 Å². The second-order valence-corrected chi connectivity index (χ2v) is 8.39. The Labute approximate surface area is 226 Å². The van der Waals surface area contributed by atoms with E-state index in [4.69, 9.17) is 18.9 Å². The fourth-order valence-corrected chi connectivity index (χ4v) is 3.56. The number of halogens is 2. The van der Waals surface area contributed by atoms with Gasteiger partial charge >= 0.3 is 11.9 Å². The smallest absolute Gasteiger partial charge is 0.330 e. The van der Waals surface area contributed by atoms with Crippen molar-refractivity contribution in [2.24, 2.45) is 0 Å². The third-order valence-corrected chi connectivity index (χ3v) is 5.58. The van der Waals surface area contributed by atoms with Crippen molar-refractivity contribution in [1.29, 1.82) is 0 Å². The molecule has 3 aromatic rings. The molecular formula is C31H30F2O6. The molecule has 6 nitrogen and oxygen atoms in total. The van der Waals surface area contributed by atoms with Gasteiger partial charge in [0.1, 0.15) is 11.5 Å². The Bertz CT molecular complexity index is 1270. The molecule has 0 radical (unpaired) electrons. The summed E-state index contributed by atoms with van der Waals surface area (Å²) in [5.41, 5.74) is 1.72. The van der Waals surface area contributed by atoms with E-state index in [9.17, 15) is 18.4 Å². The Morgan fingerprint density at radius 2 is 1.18 bits per heavy atom. The van der Waals surface area contributed by atoms with Gasteiger partial charge in [-0.1, -0.05) is 49.6 Å². The summed E-state index contributed by atoms with van der Waals surface area (Å²) in [4.78, 5) is 22.0. The molecule has 8 heteroatoms. The van der Waals surface area contributed by atoms with Crippen LogP contribution in [0.2, 0.25) is 0 Å². The SMILES string of the molecule is C=CC(=O)OCCCOc1ccc(Cc2ccc(-c3ccc(OCCCOC(=O)C=C)cc3)c(F)c2F)cc1. The van der Waals surface area contributed by atoms with Crippen molar-refractivity contribution in [3.8, 4) is 22.6 Å². The minimum atomic E-state index is -0.915. The van der Waals surface area contributed by atoms with Gasteiger partial charge in [0.05, 0.1) is 26.4 Å². The summed E-state index contributed by atoms with van der Waals surface area (Å²) in [7, 11) is 0. The van der Waals surface area contributed by atoms with Crippen LogP contribution in [0.25, 0.3) is 11.1 Å². The molecule has 0 unspecified atom stereocenters. The number of carbonyl (C=O) groups excluding carboxylic acids is 2. The first-order valence-electron chi connectivity index (χ1n) is 12.4. The van der Waals surface area contributed by atoms with Crippen LogP contribution < -0.4 is 9.47 Å². The fourth-order valence-electron chi connectivity index (χ4n) is 3.56. The topological polar surface area (TPSA) is 71.1 Å². The molecule has 0 spiro atoms. The van der Waals surface area contributed by atoms with E-state index >= 15 is 0 Å². The molecule has 204 valence electrons. The van der Waals surface area contributed by atoms with Gasteiger partial charge in [-0.15, -0.1) is 0 Å². The monoisotopic (exact) mass is 536 g/mol. The van der Waals surface area contributed by atoms with Crippen molar-refractivity contribution in [2.75, 3.05) is 26.4 Å². The van der Waals surface area contributed by atoms with Crippen molar-refractivity contribution in [3.05, 3.63) is 109 Å².